The van der Waals surface area contributed by atoms with Crippen LogP contribution in [0.15, 0.2) is 42.0 Å². The molecule has 1 atom stereocenters. The lowest BCUT2D eigenvalue weighted by molar-refractivity contribution is 0.0202. The minimum absolute atomic E-state index is 0.145. The van der Waals surface area contributed by atoms with Crippen molar-refractivity contribution in [3.05, 3.63) is 42.0 Å². The molecule has 1 aromatic carbocycles. The first-order valence-corrected chi connectivity index (χ1v) is 11.1. The number of fused-ring (bicyclic) bond motifs is 1. The van der Waals surface area contributed by atoms with E-state index in [1.807, 2.05) is 6.20 Å². The average Bonchev–Trinajstić information content (AvgIpc) is 3.29. The monoisotopic (exact) mass is 385 g/mol. The molecule has 3 aromatic rings. The minimum atomic E-state index is 0.145. The van der Waals surface area contributed by atoms with Crippen molar-refractivity contribution in [2.24, 2.45) is 0 Å². The van der Waals surface area contributed by atoms with Crippen LogP contribution in [0.2, 0.25) is 0 Å². The topological polar surface area (TPSA) is 29.8 Å². The Labute approximate surface area is 166 Å². The fourth-order valence-electron chi connectivity index (χ4n) is 3.27. The van der Waals surface area contributed by atoms with Crippen molar-refractivity contribution >= 4 is 16.3 Å². The van der Waals surface area contributed by atoms with Gasteiger partial charge in [-0.25, -0.2) is 4.98 Å². The highest BCUT2D eigenvalue weighted by Gasteiger charge is 2.17. The third kappa shape index (κ3) is 5.11. The van der Waals surface area contributed by atoms with Gasteiger partial charge in [0.25, 0.3) is 0 Å². The molecule has 146 valence electrons. The van der Waals surface area contributed by atoms with Crippen molar-refractivity contribution in [1.82, 2.24) is 14.3 Å². The Morgan fingerprint density at radius 3 is 2.37 bits per heavy atom. The first kappa shape index (κ1) is 19.9. The SMILES string of the molecule is CCCCN(CCCC)C(CC)Oc1ccc(-c2cn3ccsc3n2)cc1. The molecular weight excluding hydrogens is 354 g/mol. The van der Waals surface area contributed by atoms with E-state index >= 15 is 0 Å². The molecule has 2 heterocycles. The fraction of sp³-hybridized carbons (Fsp3) is 0.500. The molecule has 4 nitrogen and oxygen atoms in total. The summed E-state index contributed by atoms with van der Waals surface area (Å²) in [5.74, 6) is 0.935. The van der Waals surface area contributed by atoms with Gasteiger partial charge in [0.2, 0.25) is 0 Å². The van der Waals surface area contributed by atoms with E-state index in [1.54, 1.807) is 11.3 Å². The predicted octanol–water partition coefficient (Wildman–Crippen LogP) is 6.08. The molecule has 0 bridgehead atoms. The zero-order chi connectivity index (χ0) is 19.1. The van der Waals surface area contributed by atoms with E-state index in [-0.39, 0.29) is 6.23 Å². The Bertz CT molecular complexity index is 772. The Balaban J connectivity index is 1.68. The minimum Gasteiger partial charge on any atom is -0.475 e. The van der Waals surface area contributed by atoms with Crippen LogP contribution in [0.4, 0.5) is 0 Å². The molecule has 2 aromatic heterocycles. The van der Waals surface area contributed by atoms with Crippen LogP contribution >= 0.6 is 11.3 Å². The maximum atomic E-state index is 6.36. The van der Waals surface area contributed by atoms with Crippen LogP contribution in [0.25, 0.3) is 16.2 Å². The zero-order valence-electron chi connectivity index (χ0n) is 16.7. The van der Waals surface area contributed by atoms with E-state index in [2.05, 4.69) is 70.9 Å². The Kier molecular flexibility index (Phi) is 7.30. The van der Waals surface area contributed by atoms with E-state index in [4.69, 9.17) is 4.74 Å². The molecule has 0 fully saturated rings. The Hall–Kier alpha value is -1.85. The van der Waals surface area contributed by atoms with Gasteiger partial charge in [-0.15, -0.1) is 11.3 Å². The number of hydrogen-bond acceptors (Lipinski definition) is 4. The van der Waals surface area contributed by atoms with Gasteiger partial charge in [0, 0.05) is 36.4 Å². The molecule has 0 saturated heterocycles. The van der Waals surface area contributed by atoms with Gasteiger partial charge < -0.3 is 4.74 Å². The molecule has 0 aliphatic heterocycles. The second kappa shape index (κ2) is 9.90. The highest BCUT2D eigenvalue weighted by molar-refractivity contribution is 7.15. The number of benzene rings is 1. The van der Waals surface area contributed by atoms with Crippen LogP contribution in [0.5, 0.6) is 5.75 Å². The largest absolute Gasteiger partial charge is 0.475 e. The Morgan fingerprint density at radius 2 is 1.78 bits per heavy atom. The van der Waals surface area contributed by atoms with Crippen molar-refractivity contribution in [2.45, 2.75) is 59.1 Å². The number of aromatic nitrogens is 2. The molecule has 5 heteroatoms. The van der Waals surface area contributed by atoms with Gasteiger partial charge in [-0.3, -0.25) is 9.30 Å². The highest BCUT2D eigenvalue weighted by atomic mass is 32.1. The molecule has 0 aliphatic rings. The molecule has 0 amide bonds. The van der Waals surface area contributed by atoms with E-state index in [1.165, 1.54) is 25.7 Å². The fourth-order valence-corrected chi connectivity index (χ4v) is 3.97. The van der Waals surface area contributed by atoms with Gasteiger partial charge in [-0.1, -0.05) is 33.6 Å². The van der Waals surface area contributed by atoms with Gasteiger partial charge in [0.05, 0.1) is 5.69 Å². The summed E-state index contributed by atoms with van der Waals surface area (Å²) in [5.41, 5.74) is 2.13. The van der Waals surface area contributed by atoms with E-state index in [9.17, 15) is 0 Å². The smallest absolute Gasteiger partial charge is 0.194 e. The lowest BCUT2D eigenvalue weighted by atomic mass is 10.1. The van der Waals surface area contributed by atoms with Crippen molar-refractivity contribution in [2.75, 3.05) is 13.1 Å². The van der Waals surface area contributed by atoms with Crippen LogP contribution in [-0.2, 0) is 0 Å². The van der Waals surface area contributed by atoms with Crippen molar-refractivity contribution < 1.29 is 4.74 Å². The first-order chi connectivity index (χ1) is 13.2. The second-order valence-electron chi connectivity index (χ2n) is 6.97. The maximum Gasteiger partial charge on any atom is 0.194 e. The summed E-state index contributed by atoms with van der Waals surface area (Å²) in [4.78, 5) is 8.21. The molecule has 3 rings (SSSR count). The summed E-state index contributed by atoms with van der Waals surface area (Å²) in [6, 6.07) is 8.36. The molecular formula is C22H31N3OS. The standard InChI is InChI=1S/C22H31N3OS/c1-4-7-13-24(14-8-5-2)21(6-3)26-19-11-9-18(10-12-19)20-17-25-15-16-27-22(25)23-20/h9-12,15-17,21H,4-8,13-14H2,1-3H3. The van der Waals surface area contributed by atoms with Gasteiger partial charge in [-0.05, 0) is 43.5 Å². The van der Waals surface area contributed by atoms with Crippen LogP contribution in [-0.4, -0.2) is 33.6 Å². The Morgan fingerprint density at radius 1 is 1.07 bits per heavy atom. The van der Waals surface area contributed by atoms with E-state index in [0.29, 0.717) is 0 Å². The average molecular weight is 386 g/mol. The summed E-state index contributed by atoms with van der Waals surface area (Å²) in [7, 11) is 0. The molecule has 0 spiro atoms. The van der Waals surface area contributed by atoms with Gasteiger partial charge in [0.15, 0.2) is 11.2 Å². The van der Waals surface area contributed by atoms with Gasteiger partial charge in [0.1, 0.15) is 5.75 Å². The number of hydrogen-bond donors (Lipinski definition) is 0. The zero-order valence-corrected chi connectivity index (χ0v) is 17.5. The summed E-state index contributed by atoms with van der Waals surface area (Å²) >= 11 is 1.66. The quantitative estimate of drug-likeness (QED) is 0.375. The first-order valence-electron chi connectivity index (χ1n) is 10.2. The number of thiazole rings is 1. The summed E-state index contributed by atoms with van der Waals surface area (Å²) in [6.07, 6.45) is 10.1. The molecule has 0 saturated carbocycles. The lowest BCUT2D eigenvalue weighted by Crippen LogP contribution is -2.40. The van der Waals surface area contributed by atoms with E-state index < -0.39 is 0 Å². The lowest BCUT2D eigenvalue weighted by Gasteiger charge is -2.31. The molecule has 0 radical (unpaired) electrons. The number of rotatable bonds is 11. The summed E-state index contributed by atoms with van der Waals surface area (Å²) in [6.45, 7) is 8.93. The van der Waals surface area contributed by atoms with E-state index in [0.717, 1.165) is 41.5 Å². The van der Waals surface area contributed by atoms with Crippen LogP contribution < -0.4 is 4.74 Å². The molecule has 0 N–H and O–H groups in total. The highest BCUT2D eigenvalue weighted by Crippen LogP contribution is 2.25. The summed E-state index contributed by atoms with van der Waals surface area (Å²) in [5, 5.41) is 2.05. The summed E-state index contributed by atoms with van der Waals surface area (Å²) < 4.78 is 8.42. The van der Waals surface area contributed by atoms with Crippen LogP contribution in [0.1, 0.15) is 52.9 Å². The van der Waals surface area contributed by atoms with Crippen molar-refractivity contribution in [3.63, 3.8) is 0 Å². The maximum absolute atomic E-state index is 6.36. The second-order valence-corrected chi connectivity index (χ2v) is 7.84. The number of imidazole rings is 1. The van der Waals surface area contributed by atoms with Crippen molar-refractivity contribution in [1.29, 1.82) is 0 Å². The number of ether oxygens (including phenoxy) is 1. The normalized spacial score (nSPS) is 12.7. The van der Waals surface area contributed by atoms with Crippen molar-refractivity contribution in [3.8, 4) is 17.0 Å². The van der Waals surface area contributed by atoms with Crippen LogP contribution in [0.3, 0.4) is 0 Å². The molecule has 1 unspecified atom stereocenters. The van der Waals surface area contributed by atoms with Crippen LogP contribution in [0, 0.1) is 0 Å². The third-order valence-electron chi connectivity index (χ3n) is 4.87. The third-order valence-corrected chi connectivity index (χ3v) is 5.64. The van der Waals surface area contributed by atoms with Gasteiger partial charge >= 0.3 is 0 Å². The number of nitrogens with zero attached hydrogens (tertiary/aromatic N) is 3. The molecule has 0 aliphatic carbocycles. The van der Waals surface area contributed by atoms with Gasteiger partial charge in [-0.2, -0.15) is 0 Å². The molecule has 27 heavy (non-hydrogen) atoms. The number of unbranched alkanes of at least 4 members (excludes halogenated alkanes) is 2. The predicted molar refractivity (Wildman–Crippen MR) is 115 cm³/mol.